The molecular weight excluding hydrogens is 208 g/mol. The van der Waals surface area contributed by atoms with Gasteiger partial charge in [-0.3, -0.25) is 0 Å². The number of benzene rings is 1. The number of halogens is 2. The Morgan fingerprint density at radius 1 is 1.19 bits per heavy atom. The molecule has 0 amide bonds. The first kappa shape index (κ1) is 13.1. The van der Waals surface area contributed by atoms with E-state index in [1.54, 1.807) is 6.92 Å². The molecule has 3 heteroatoms. The van der Waals surface area contributed by atoms with Crippen LogP contribution in [0.1, 0.15) is 38.8 Å². The van der Waals surface area contributed by atoms with E-state index in [0.29, 0.717) is 5.92 Å². The van der Waals surface area contributed by atoms with Gasteiger partial charge in [0.2, 0.25) is 0 Å². The molecule has 1 nitrogen and oxygen atoms in total. The van der Waals surface area contributed by atoms with Crippen molar-refractivity contribution in [3.05, 3.63) is 35.4 Å². The normalized spacial score (nSPS) is 14.8. The van der Waals surface area contributed by atoms with Crippen molar-refractivity contribution in [2.24, 2.45) is 5.92 Å². The Labute approximate surface area is 95.9 Å². The standard InChI is InChI=1S/C13H19F2N/c1-4-9(2)8-16-10(3)13-11(14)6-5-7-12(13)15/h5-7,9-10,16H,4,8H2,1-3H3. The Morgan fingerprint density at radius 3 is 2.25 bits per heavy atom. The highest BCUT2D eigenvalue weighted by Crippen LogP contribution is 2.20. The molecule has 1 rings (SSSR count). The van der Waals surface area contributed by atoms with E-state index in [-0.39, 0.29) is 11.6 Å². The summed E-state index contributed by atoms with van der Waals surface area (Å²) in [6.07, 6.45) is 1.06. The molecule has 0 saturated heterocycles. The second-order valence-electron chi connectivity index (χ2n) is 4.28. The van der Waals surface area contributed by atoms with E-state index in [1.165, 1.54) is 18.2 Å². The van der Waals surface area contributed by atoms with Gasteiger partial charge in [0.1, 0.15) is 11.6 Å². The number of nitrogens with one attached hydrogen (secondary N) is 1. The summed E-state index contributed by atoms with van der Waals surface area (Å²) in [6, 6.07) is 3.67. The number of hydrogen-bond acceptors (Lipinski definition) is 1. The van der Waals surface area contributed by atoms with Crippen LogP contribution < -0.4 is 5.32 Å². The third kappa shape index (κ3) is 3.27. The van der Waals surface area contributed by atoms with Crippen LogP contribution in [0.5, 0.6) is 0 Å². The average molecular weight is 227 g/mol. The maximum atomic E-state index is 13.4. The van der Waals surface area contributed by atoms with E-state index >= 15 is 0 Å². The van der Waals surface area contributed by atoms with E-state index in [0.717, 1.165) is 13.0 Å². The van der Waals surface area contributed by atoms with Gasteiger partial charge in [-0.1, -0.05) is 26.3 Å². The predicted octanol–water partition coefficient (Wildman–Crippen LogP) is 3.66. The maximum Gasteiger partial charge on any atom is 0.130 e. The fourth-order valence-electron chi connectivity index (χ4n) is 1.55. The first-order valence-corrected chi connectivity index (χ1v) is 5.73. The van der Waals surface area contributed by atoms with Crippen LogP contribution in [0.25, 0.3) is 0 Å². The molecule has 0 aliphatic heterocycles. The van der Waals surface area contributed by atoms with Gasteiger partial charge in [0.05, 0.1) is 0 Å². The molecule has 16 heavy (non-hydrogen) atoms. The first-order chi connectivity index (χ1) is 7.56. The second kappa shape index (κ2) is 5.94. The lowest BCUT2D eigenvalue weighted by Gasteiger charge is -2.18. The van der Waals surface area contributed by atoms with Gasteiger partial charge < -0.3 is 5.32 Å². The predicted molar refractivity (Wildman–Crippen MR) is 62.2 cm³/mol. The first-order valence-electron chi connectivity index (χ1n) is 5.73. The Morgan fingerprint density at radius 2 is 1.75 bits per heavy atom. The Balaban J connectivity index is 2.69. The van der Waals surface area contributed by atoms with Gasteiger partial charge in [-0.05, 0) is 31.5 Å². The van der Waals surface area contributed by atoms with Gasteiger partial charge in [0.15, 0.2) is 0 Å². The van der Waals surface area contributed by atoms with Gasteiger partial charge in [0.25, 0.3) is 0 Å². The Kier molecular flexibility index (Phi) is 4.87. The molecule has 90 valence electrons. The summed E-state index contributed by atoms with van der Waals surface area (Å²) >= 11 is 0. The molecule has 1 aromatic carbocycles. The summed E-state index contributed by atoms with van der Waals surface area (Å²) in [5, 5.41) is 3.15. The molecule has 0 bridgehead atoms. The molecule has 0 saturated carbocycles. The molecule has 2 unspecified atom stereocenters. The zero-order valence-corrected chi connectivity index (χ0v) is 10.1. The molecule has 0 heterocycles. The Bertz CT molecular complexity index is 318. The van der Waals surface area contributed by atoms with Gasteiger partial charge >= 0.3 is 0 Å². The van der Waals surface area contributed by atoms with Crippen molar-refractivity contribution in [1.82, 2.24) is 5.32 Å². The third-order valence-corrected chi connectivity index (χ3v) is 2.90. The highest BCUT2D eigenvalue weighted by molar-refractivity contribution is 5.22. The highest BCUT2D eigenvalue weighted by atomic mass is 19.1. The molecule has 0 aliphatic rings. The lowest BCUT2D eigenvalue weighted by atomic mass is 10.0. The molecular formula is C13H19F2N. The van der Waals surface area contributed by atoms with Gasteiger partial charge in [0, 0.05) is 11.6 Å². The largest absolute Gasteiger partial charge is 0.310 e. The maximum absolute atomic E-state index is 13.4. The van der Waals surface area contributed by atoms with Gasteiger partial charge in [-0.25, -0.2) is 8.78 Å². The van der Waals surface area contributed by atoms with Gasteiger partial charge in [-0.15, -0.1) is 0 Å². The number of rotatable bonds is 5. The molecule has 2 atom stereocenters. The smallest absolute Gasteiger partial charge is 0.130 e. The van der Waals surface area contributed by atoms with Crippen LogP contribution in [-0.4, -0.2) is 6.54 Å². The summed E-state index contributed by atoms with van der Waals surface area (Å²) in [5.41, 5.74) is 0.130. The van der Waals surface area contributed by atoms with Crippen LogP contribution in [0.3, 0.4) is 0 Å². The van der Waals surface area contributed by atoms with Crippen molar-refractivity contribution in [3.8, 4) is 0 Å². The van der Waals surface area contributed by atoms with Crippen molar-refractivity contribution in [2.75, 3.05) is 6.54 Å². The van der Waals surface area contributed by atoms with Crippen LogP contribution >= 0.6 is 0 Å². The van der Waals surface area contributed by atoms with Crippen molar-refractivity contribution < 1.29 is 8.78 Å². The van der Waals surface area contributed by atoms with Crippen LogP contribution in [0, 0.1) is 17.6 Å². The van der Waals surface area contributed by atoms with E-state index in [1.807, 2.05) is 0 Å². The van der Waals surface area contributed by atoms with Crippen molar-refractivity contribution in [3.63, 3.8) is 0 Å². The van der Waals surface area contributed by atoms with Crippen LogP contribution in [0.4, 0.5) is 8.78 Å². The van der Waals surface area contributed by atoms with Crippen molar-refractivity contribution in [1.29, 1.82) is 0 Å². The van der Waals surface area contributed by atoms with Crippen molar-refractivity contribution in [2.45, 2.75) is 33.2 Å². The minimum Gasteiger partial charge on any atom is -0.310 e. The molecule has 0 radical (unpaired) electrons. The summed E-state index contributed by atoms with van der Waals surface area (Å²) in [7, 11) is 0. The minimum atomic E-state index is -0.482. The van der Waals surface area contributed by atoms with Crippen LogP contribution in [0.2, 0.25) is 0 Å². The zero-order chi connectivity index (χ0) is 12.1. The third-order valence-electron chi connectivity index (χ3n) is 2.90. The lowest BCUT2D eigenvalue weighted by Crippen LogP contribution is -2.25. The molecule has 1 aromatic rings. The van der Waals surface area contributed by atoms with E-state index in [4.69, 9.17) is 0 Å². The summed E-state index contributed by atoms with van der Waals surface area (Å²) in [5.74, 6) is -0.453. The van der Waals surface area contributed by atoms with Crippen molar-refractivity contribution >= 4 is 0 Å². The molecule has 1 N–H and O–H groups in total. The van der Waals surface area contributed by atoms with Gasteiger partial charge in [-0.2, -0.15) is 0 Å². The fraction of sp³-hybridized carbons (Fsp3) is 0.538. The van der Waals surface area contributed by atoms with E-state index in [9.17, 15) is 8.78 Å². The summed E-state index contributed by atoms with van der Waals surface area (Å²) in [6.45, 7) is 6.76. The van der Waals surface area contributed by atoms with Crippen LogP contribution in [0.15, 0.2) is 18.2 Å². The summed E-state index contributed by atoms with van der Waals surface area (Å²) in [4.78, 5) is 0. The van der Waals surface area contributed by atoms with E-state index < -0.39 is 11.6 Å². The quantitative estimate of drug-likeness (QED) is 0.809. The fourth-order valence-corrected chi connectivity index (χ4v) is 1.55. The second-order valence-corrected chi connectivity index (χ2v) is 4.28. The molecule has 0 aliphatic carbocycles. The number of hydrogen-bond donors (Lipinski definition) is 1. The highest BCUT2D eigenvalue weighted by Gasteiger charge is 2.15. The van der Waals surface area contributed by atoms with Crippen LogP contribution in [-0.2, 0) is 0 Å². The molecule has 0 fully saturated rings. The topological polar surface area (TPSA) is 12.0 Å². The monoisotopic (exact) mass is 227 g/mol. The zero-order valence-electron chi connectivity index (χ0n) is 10.1. The van der Waals surface area contributed by atoms with E-state index in [2.05, 4.69) is 19.2 Å². The average Bonchev–Trinajstić information content (AvgIpc) is 2.25. The SMILES string of the molecule is CCC(C)CNC(C)c1c(F)cccc1F. The molecule has 0 aromatic heterocycles. The minimum absolute atomic E-state index is 0.130. The lowest BCUT2D eigenvalue weighted by molar-refractivity contribution is 0.436. The summed E-state index contributed by atoms with van der Waals surface area (Å²) < 4.78 is 26.9. The Hall–Kier alpha value is -0.960. The molecule has 0 spiro atoms.